The van der Waals surface area contributed by atoms with Crippen molar-refractivity contribution in [3.05, 3.63) is 59.4 Å². The van der Waals surface area contributed by atoms with Crippen molar-refractivity contribution in [3.63, 3.8) is 0 Å². The number of thiazole rings is 1. The molecule has 0 bridgehead atoms. The molecule has 0 saturated heterocycles. The van der Waals surface area contributed by atoms with Crippen LogP contribution < -0.4 is 5.32 Å². The first-order valence-corrected chi connectivity index (χ1v) is 7.38. The largest absolute Gasteiger partial charge is 0.361 e. The van der Waals surface area contributed by atoms with Gasteiger partial charge in [0.05, 0.1) is 10.2 Å². The van der Waals surface area contributed by atoms with Gasteiger partial charge in [-0.25, -0.2) is 9.37 Å². The first-order chi connectivity index (χ1) is 9.72. The van der Waals surface area contributed by atoms with Gasteiger partial charge in [0.15, 0.2) is 5.13 Å². The Labute approximate surface area is 121 Å². The molecule has 0 aliphatic heterocycles. The smallest absolute Gasteiger partial charge is 0.183 e. The topological polar surface area (TPSA) is 24.9 Å². The van der Waals surface area contributed by atoms with Crippen LogP contribution in [0.2, 0.25) is 0 Å². The average molecular weight is 286 g/mol. The molecule has 0 spiro atoms. The Morgan fingerprint density at radius 1 is 1.20 bits per heavy atom. The maximum atomic E-state index is 13.5. The van der Waals surface area contributed by atoms with E-state index in [1.165, 1.54) is 16.3 Å². The molecule has 0 radical (unpaired) electrons. The van der Waals surface area contributed by atoms with E-state index in [9.17, 15) is 4.39 Å². The number of benzene rings is 2. The van der Waals surface area contributed by atoms with Crippen LogP contribution in [0, 0.1) is 12.7 Å². The number of nitrogens with zero attached hydrogens (tertiary/aromatic N) is 1. The normalized spacial score (nSPS) is 10.9. The van der Waals surface area contributed by atoms with Crippen LogP contribution in [0.4, 0.5) is 9.52 Å². The summed E-state index contributed by atoms with van der Waals surface area (Å²) in [5.41, 5.74) is 2.98. The van der Waals surface area contributed by atoms with Crippen LogP contribution >= 0.6 is 11.3 Å². The van der Waals surface area contributed by atoms with Crippen LogP contribution in [-0.4, -0.2) is 11.5 Å². The molecule has 0 aliphatic carbocycles. The first-order valence-electron chi connectivity index (χ1n) is 6.57. The predicted molar refractivity (Wildman–Crippen MR) is 83.0 cm³/mol. The molecule has 1 heterocycles. The molecule has 102 valence electrons. The molecule has 3 rings (SSSR count). The Balaban J connectivity index is 1.67. The Hall–Kier alpha value is -1.94. The molecular formula is C16H15FN2S. The van der Waals surface area contributed by atoms with Gasteiger partial charge in [0, 0.05) is 6.54 Å². The lowest BCUT2D eigenvalue weighted by Gasteiger charge is -2.03. The van der Waals surface area contributed by atoms with Crippen molar-refractivity contribution in [2.75, 3.05) is 11.9 Å². The fourth-order valence-corrected chi connectivity index (χ4v) is 3.10. The zero-order valence-electron chi connectivity index (χ0n) is 11.2. The van der Waals surface area contributed by atoms with Gasteiger partial charge in [-0.2, -0.15) is 0 Å². The summed E-state index contributed by atoms with van der Waals surface area (Å²) < 4.78 is 14.7. The molecule has 0 unspecified atom stereocenters. The number of hydrogen-bond acceptors (Lipinski definition) is 3. The van der Waals surface area contributed by atoms with Crippen molar-refractivity contribution in [2.45, 2.75) is 13.3 Å². The van der Waals surface area contributed by atoms with Gasteiger partial charge in [-0.15, -0.1) is 0 Å². The minimum absolute atomic E-state index is 0.144. The molecule has 0 amide bonds. The number of aryl methyl sites for hydroxylation is 1. The number of aromatic nitrogens is 1. The van der Waals surface area contributed by atoms with E-state index in [0.717, 1.165) is 16.2 Å². The Bertz CT molecular complexity index is 736. The van der Waals surface area contributed by atoms with Gasteiger partial charge < -0.3 is 5.32 Å². The lowest BCUT2D eigenvalue weighted by molar-refractivity contribution is 0.610. The molecule has 1 aromatic heterocycles. The lowest BCUT2D eigenvalue weighted by Crippen LogP contribution is -2.05. The van der Waals surface area contributed by atoms with Gasteiger partial charge >= 0.3 is 0 Å². The number of rotatable bonds is 4. The zero-order chi connectivity index (χ0) is 13.9. The second-order valence-electron chi connectivity index (χ2n) is 4.76. The number of nitrogens with one attached hydrogen (secondary N) is 1. The molecule has 20 heavy (non-hydrogen) atoms. The van der Waals surface area contributed by atoms with Crippen molar-refractivity contribution in [3.8, 4) is 0 Å². The molecule has 1 N–H and O–H groups in total. The second-order valence-corrected chi connectivity index (χ2v) is 5.79. The third-order valence-corrected chi connectivity index (χ3v) is 4.15. The fourth-order valence-electron chi connectivity index (χ4n) is 2.11. The van der Waals surface area contributed by atoms with Gasteiger partial charge in [0.1, 0.15) is 5.82 Å². The molecule has 0 fully saturated rings. The molecule has 0 saturated carbocycles. The van der Waals surface area contributed by atoms with E-state index in [1.54, 1.807) is 17.4 Å². The molecule has 3 aromatic rings. The summed E-state index contributed by atoms with van der Waals surface area (Å²) in [5.74, 6) is -0.144. The average Bonchev–Trinajstić information content (AvgIpc) is 2.83. The summed E-state index contributed by atoms with van der Waals surface area (Å²) >= 11 is 1.63. The van der Waals surface area contributed by atoms with E-state index < -0.39 is 0 Å². The molecule has 4 heteroatoms. The van der Waals surface area contributed by atoms with Crippen molar-refractivity contribution in [1.82, 2.24) is 4.98 Å². The molecule has 2 nitrogen and oxygen atoms in total. The summed E-state index contributed by atoms with van der Waals surface area (Å²) in [6, 6.07) is 13.1. The summed E-state index contributed by atoms with van der Waals surface area (Å²) in [5, 5.41) is 4.16. The fraction of sp³-hybridized carbons (Fsp3) is 0.188. The number of halogens is 1. The quantitative estimate of drug-likeness (QED) is 0.769. The highest BCUT2D eigenvalue weighted by atomic mass is 32.1. The van der Waals surface area contributed by atoms with E-state index in [-0.39, 0.29) is 5.82 Å². The summed E-state index contributed by atoms with van der Waals surface area (Å²) in [7, 11) is 0. The maximum absolute atomic E-state index is 13.5. The van der Waals surface area contributed by atoms with Crippen molar-refractivity contribution < 1.29 is 4.39 Å². The predicted octanol–water partition coefficient (Wildman–Crippen LogP) is 4.40. The van der Waals surface area contributed by atoms with E-state index in [1.807, 2.05) is 18.2 Å². The van der Waals surface area contributed by atoms with Crippen molar-refractivity contribution >= 4 is 26.7 Å². The summed E-state index contributed by atoms with van der Waals surface area (Å²) in [4.78, 5) is 4.52. The summed E-state index contributed by atoms with van der Waals surface area (Å²) in [6.07, 6.45) is 0.654. The Morgan fingerprint density at radius 2 is 2.05 bits per heavy atom. The minimum Gasteiger partial charge on any atom is -0.361 e. The van der Waals surface area contributed by atoms with E-state index in [0.29, 0.717) is 13.0 Å². The van der Waals surface area contributed by atoms with Crippen LogP contribution in [0.3, 0.4) is 0 Å². The maximum Gasteiger partial charge on any atom is 0.183 e. The molecule has 0 aliphatic rings. The van der Waals surface area contributed by atoms with Gasteiger partial charge in [-0.3, -0.25) is 0 Å². The number of anilines is 1. The van der Waals surface area contributed by atoms with Gasteiger partial charge in [0.2, 0.25) is 0 Å². The Kier molecular flexibility index (Phi) is 3.65. The van der Waals surface area contributed by atoms with Gasteiger partial charge in [0.25, 0.3) is 0 Å². The highest BCUT2D eigenvalue weighted by Gasteiger charge is 2.04. The molecule has 2 aromatic carbocycles. The number of fused-ring (bicyclic) bond motifs is 1. The lowest BCUT2D eigenvalue weighted by atomic mass is 10.1. The van der Waals surface area contributed by atoms with Crippen LogP contribution in [-0.2, 0) is 6.42 Å². The third-order valence-electron chi connectivity index (χ3n) is 3.17. The zero-order valence-corrected chi connectivity index (χ0v) is 12.0. The monoisotopic (exact) mass is 286 g/mol. The first kappa shape index (κ1) is 13.1. The molecule has 0 atom stereocenters. The van der Waals surface area contributed by atoms with Crippen LogP contribution in [0.15, 0.2) is 42.5 Å². The van der Waals surface area contributed by atoms with E-state index in [2.05, 4.69) is 29.4 Å². The van der Waals surface area contributed by atoms with Crippen LogP contribution in [0.25, 0.3) is 10.2 Å². The third kappa shape index (κ3) is 2.80. The highest BCUT2D eigenvalue weighted by Crippen LogP contribution is 2.26. The Morgan fingerprint density at radius 3 is 2.90 bits per heavy atom. The van der Waals surface area contributed by atoms with Crippen molar-refractivity contribution in [1.29, 1.82) is 0 Å². The molecular weight excluding hydrogens is 271 g/mol. The van der Waals surface area contributed by atoms with E-state index >= 15 is 0 Å². The SMILES string of the molecule is Cc1ccc2nc(NCCc3ccccc3F)sc2c1. The van der Waals surface area contributed by atoms with Crippen LogP contribution in [0.5, 0.6) is 0 Å². The standard InChI is InChI=1S/C16H15FN2S/c1-11-6-7-14-15(10-11)20-16(19-14)18-9-8-12-4-2-3-5-13(12)17/h2-7,10H,8-9H2,1H3,(H,18,19). The van der Waals surface area contributed by atoms with Gasteiger partial charge in [-0.05, 0) is 42.7 Å². The minimum atomic E-state index is -0.144. The van der Waals surface area contributed by atoms with Crippen molar-refractivity contribution in [2.24, 2.45) is 0 Å². The highest BCUT2D eigenvalue weighted by molar-refractivity contribution is 7.22. The van der Waals surface area contributed by atoms with Crippen LogP contribution in [0.1, 0.15) is 11.1 Å². The van der Waals surface area contributed by atoms with Gasteiger partial charge in [-0.1, -0.05) is 35.6 Å². The number of hydrogen-bond donors (Lipinski definition) is 1. The second kappa shape index (κ2) is 5.59. The summed E-state index contributed by atoms with van der Waals surface area (Å²) in [6.45, 7) is 2.75. The van der Waals surface area contributed by atoms with E-state index in [4.69, 9.17) is 0 Å².